The number of amides is 1. The third-order valence-electron chi connectivity index (χ3n) is 3.13. The third kappa shape index (κ3) is 4.16. The molecule has 0 spiro atoms. The molecular formula is C13H16ClFN2O2. The van der Waals surface area contributed by atoms with Crippen LogP contribution in [0.15, 0.2) is 18.2 Å². The number of piperidine rings is 1. The largest absolute Gasteiger partial charge is 0.393 e. The van der Waals surface area contributed by atoms with Crippen molar-refractivity contribution in [3.8, 4) is 0 Å². The Labute approximate surface area is 116 Å². The van der Waals surface area contributed by atoms with Gasteiger partial charge in [0.25, 0.3) is 0 Å². The van der Waals surface area contributed by atoms with Crippen LogP contribution in [0.1, 0.15) is 12.8 Å². The molecule has 1 aromatic carbocycles. The number of aliphatic hydroxyl groups is 1. The lowest BCUT2D eigenvalue weighted by Gasteiger charge is -2.28. The van der Waals surface area contributed by atoms with Crippen molar-refractivity contribution >= 4 is 23.2 Å². The lowest BCUT2D eigenvalue weighted by Crippen LogP contribution is -2.40. The first kappa shape index (κ1) is 14.2. The van der Waals surface area contributed by atoms with E-state index in [1.165, 1.54) is 12.1 Å². The summed E-state index contributed by atoms with van der Waals surface area (Å²) in [5.74, 6) is -0.812. The first-order chi connectivity index (χ1) is 9.04. The molecule has 1 aromatic rings. The minimum absolute atomic E-state index is 0.131. The Hall–Kier alpha value is -1.17. The molecule has 0 saturated carbocycles. The molecule has 1 fully saturated rings. The number of anilines is 1. The number of aliphatic hydroxyl groups excluding tert-OH is 1. The Balaban J connectivity index is 1.87. The van der Waals surface area contributed by atoms with Crippen LogP contribution in [0.5, 0.6) is 0 Å². The van der Waals surface area contributed by atoms with Gasteiger partial charge in [-0.1, -0.05) is 11.6 Å². The van der Waals surface area contributed by atoms with Crippen LogP contribution in [0.4, 0.5) is 10.1 Å². The Kier molecular flexibility index (Phi) is 4.74. The van der Waals surface area contributed by atoms with Gasteiger partial charge in [0.1, 0.15) is 5.82 Å². The molecule has 2 N–H and O–H groups in total. The number of rotatable bonds is 3. The lowest BCUT2D eigenvalue weighted by molar-refractivity contribution is -0.117. The van der Waals surface area contributed by atoms with E-state index in [9.17, 15) is 14.3 Å². The zero-order valence-corrected chi connectivity index (χ0v) is 11.2. The molecule has 0 radical (unpaired) electrons. The van der Waals surface area contributed by atoms with Gasteiger partial charge in [0.2, 0.25) is 5.91 Å². The lowest BCUT2D eigenvalue weighted by atomic mass is 10.1. The zero-order valence-electron chi connectivity index (χ0n) is 10.4. The number of benzene rings is 1. The number of hydrogen-bond acceptors (Lipinski definition) is 3. The molecule has 1 aliphatic heterocycles. The van der Waals surface area contributed by atoms with E-state index in [4.69, 9.17) is 11.6 Å². The first-order valence-corrected chi connectivity index (χ1v) is 6.58. The van der Waals surface area contributed by atoms with Gasteiger partial charge < -0.3 is 10.4 Å². The molecule has 4 nitrogen and oxygen atoms in total. The zero-order chi connectivity index (χ0) is 13.8. The number of carbonyl (C=O) groups is 1. The molecule has 1 heterocycles. The van der Waals surface area contributed by atoms with Gasteiger partial charge in [-0.05, 0) is 31.0 Å². The van der Waals surface area contributed by atoms with Gasteiger partial charge in [-0.15, -0.1) is 0 Å². The van der Waals surface area contributed by atoms with Crippen LogP contribution >= 0.6 is 11.6 Å². The van der Waals surface area contributed by atoms with Crippen LogP contribution in [0.2, 0.25) is 5.02 Å². The molecule has 0 aromatic heterocycles. The van der Waals surface area contributed by atoms with Gasteiger partial charge in [0, 0.05) is 18.1 Å². The quantitative estimate of drug-likeness (QED) is 0.892. The molecule has 6 heteroatoms. The van der Waals surface area contributed by atoms with Crippen LogP contribution < -0.4 is 5.32 Å². The Morgan fingerprint density at radius 1 is 1.47 bits per heavy atom. The highest BCUT2D eigenvalue weighted by atomic mass is 35.5. The molecule has 104 valence electrons. The standard InChI is InChI=1S/C13H16ClFN2O2/c14-9-1-2-12(11(15)7-9)16-13(19)8-17-5-3-10(18)4-6-17/h1-2,7,10,18H,3-6,8H2,(H,16,19). The van der Waals surface area contributed by atoms with Crippen LogP contribution in [-0.2, 0) is 4.79 Å². The molecule has 19 heavy (non-hydrogen) atoms. The van der Waals surface area contributed by atoms with E-state index >= 15 is 0 Å². The molecule has 2 rings (SSSR count). The van der Waals surface area contributed by atoms with Crippen molar-refractivity contribution in [2.45, 2.75) is 18.9 Å². The second kappa shape index (κ2) is 6.32. The molecule has 0 unspecified atom stereocenters. The van der Waals surface area contributed by atoms with E-state index in [-0.39, 0.29) is 24.2 Å². The molecule has 0 aliphatic carbocycles. The number of halogens is 2. The topological polar surface area (TPSA) is 52.6 Å². The van der Waals surface area contributed by atoms with E-state index in [0.717, 1.165) is 6.07 Å². The van der Waals surface area contributed by atoms with Crippen molar-refractivity contribution in [2.75, 3.05) is 25.0 Å². The Morgan fingerprint density at radius 2 is 2.16 bits per heavy atom. The van der Waals surface area contributed by atoms with E-state index in [1.807, 2.05) is 4.90 Å². The van der Waals surface area contributed by atoms with Crippen molar-refractivity contribution in [1.82, 2.24) is 4.90 Å². The maximum absolute atomic E-state index is 13.5. The van der Waals surface area contributed by atoms with Crippen LogP contribution in [0.3, 0.4) is 0 Å². The number of hydrogen-bond donors (Lipinski definition) is 2. The summed E-state index contributed by atoms with van der Waals surface area (Å²) in [5.41, 5.74) is 0.131. The average molecular weight is 287 g/mol. The predicted octanol–water partition coefficient (Wildman–Crippen LogP) is 1.87. The Morgan fingerprint density at radius 3 is 2.79 bits per heavy atom. The summed E-state index contributed by atoms with van der Waals surface area (Å²) in [6.45, 7) is 1.56. The molecule has 0 bridgehead atoms. The van der Waals surface area contributed by atoms with Crippen LogP contribution in [0.25, 0.3) is 0 Å². The molecule has 1 aliphatic rings. The highest BCUT2D eigenvalue weighted by Gasteiger charge is 2.19. The van der Waals surface area contributed by atoms with Gasteiger partial charge in [-0.3, -0.25) is 9.69 Å². The summed E-state index contributed by atoms with van der Waals surface area (Å²) in [4.78, 5) is 13.7. The number of nitrogens with zero attached hydrogens (tertiary/aromatic N) is 1. The fraction of sp³-hybridized carbons (Fsp3) is 0.462. The van der Waals surface area contributed by atoms with Crippen molar-refractivity contribution < 1.29 is 14.3 Å². The fourth-order valence-corrected chi connectivity index (χ4v) is 2.22. The summed E-state index contributed by atoms with van der Waals surface area (Å²) < 4.78 is 13.5. The number of likely N-dealkylation sites (tertiary alicyclic amines) is 1. The van der Waals surface area contributed by atoms with Gasteiger partial charge in [-0.2, -0.15) is 0 Å². The second-order valence-corrected chi connectivity index (χ2v) is 5.12. The first-order valence-electron chi connectivity index (χ1n) is 6.20. The summed E-state index contributed by atoms with van der Waals surface area (Å²) in [7, 11) is 0. The van der Waals surface area contributed by atoms with E-state index in [2.05, 4.69) is 5.32 Å². The van der Waals surface area contributed by atoms with Crippen LogP contribution in [0, 0.1) is 5.82 Å². The highest BCUT2D eigenvalue weighted by molar-refractivity contribution is 6.30. The summed E-state index contributed by atoms with van der Waals surface area (Å²) >= 11 is 5.64. The summed E-state index contributed by atoms with van der Waals surface area (Å²) in [6.07, 6.45) is 1.07. The molecule has 1 saturated heterocycles. The Bertz CT molecular complexity index is 462. The van der Waals surface area contributed by atoms with Crippen LogP contribution in [-0.4, -0.2) is 41.7 Å². The maximum Gasteiger partial charge on any atom is 0.238 e. The highest BCUT2D eigenvalue weighted by Crippen LogP contribution is 2.19. The van der Waals surface area contributed by atoms with Gasteiger partial charge in [-0.25, -0.2) is 4.39 Å². The van der Waals surface area contributed by atoms with E-state index in [1.54, 1.807) is 0 Å². The third-order valence-corrected chi connectivity index (χ3v) is 3.36. The van der Waals surface area contributed by atoms with Gasteiger partial charge in [0.05, 0.1) is 18.3 Å². The van der Waals surface area contributed by atoms with Crippen molar-refractivity contribution in [2.24, 2.45) is 0 Å². The summed E-state index contributed by atoms with van der Waals surface area (Å²) in [5, 5.41) is 12.2. The number of nitrogens with one attached hydrogen (secondary N) is 1. The van der Waals surface area contributed by atoms with Crippen molar-refractivity contribution in [3.05, 3.63) is 29.0 Å². The smallest absolute Gasteiger partial charge is 0.238 e. The maximum atomic E-state index is 13.5. The van der Waals surface area contributed by atoms with E-state index in [0.29, 0.717) is 31.0 Å². The van der Waals surface area contributed by atoms with Crippen molar-refractivity contribution in [1.29, 1.82) is 0 Å². The molecule has 0 atom stereocenters. The molecule has 1 amide bonds. The monoisotopic (exact) mass is 286 g/mol. The normalized spacial score (nSPS) is 17.4. The van der Waals surface area contributed by atoms with Gasteiger partial charge in [0.15, 0.2) is 0 Å². The predicted molar refractivity (Wildman–Crippen MR) is 71.7 cm³/mol. The molecular weight excluding hydrogens is 271 g/mol. The van der Waals surface area contributed by atoms with Gasteiger partial charge >= 0.3 is 0 Å². The average Bonchev–Trinajstić information content (AvgIpc) is 2.36. The SMILES string of the molecule is O=C(CN1CCC(O)CC1)Nc1ccc(Cl)cc1F. The minimum atomic E-state index is -0.546. The fourth-order valence-electron chi connectivity index (χ4n) is 2.06. The number of carbonyl (C=O) groups excluding carboxylic acids is 1. The van der Waals surface area contributed by atoms with Crippen molar-refractivity contribution in [3.63, 3.8) is 0 Å². The minimum Gasteiger partial charge on any atom is -0.393 e. The summed E-state index contributed by atoms with van der Waals surface area (Å²) in [6, 6.07) is 4.13. The second-order valence-electron chi connectivity index (χ2n) is 4.68. The van der Waals surface area contributed by atoms with E-state index < -0.39 is 5.82 Å².